The molecule has 1 aromatic rings. The van der Waals surface area contributed by atoms with Crippen LogP contribution >= 0.6 is 0 Å². The van der Waals surface area contributed by atoms with Crippen molar-refractivity contribution < 1.29 is 15.3 Å². The van der Waals surface area contributed by atoms with Crippen LogP contribution in [0.4, 0.5) is 0 Å². The minimum Gasteiger partial charge on any atom is -0.504 e. The molecule has 19 heavy (non-hydrogen) atoms. The number of phenols is 2. The quantitative estimate of drug-likeness (QED) is 0.681. The monoisotopic (exact) mass is 262 g/mol. The molecule has 2 saturated carbocycles. The summed E-state index contributed by atoms with van der Waals surface area (Å²) in [6, 6.07) is 4.71. The Morgan fingerprint density at radius 1 is 0.947 bits per heavy atom. The lowest BCUT2D eigenvalue weighted by Crippen LogP contribution is -2.38. The Bertz CT molecular complexity index is 471. The molecule has 2 fully saturated rings. The van der Waals surface area contributed by atoms with Gasteiger partial charge in [0.25, 0.3) is 0 Å². The smallest absolute Gasteiger partial charge is 0.157 e. The van der Waals surface area contributed by atoms with Gasteiger partial charge in [-0.05, 0) is 48.8 Å². The highest BCUT2D eigenvalue weighted by Gasteiger charge is 2.41. The highest BCUT2D eigenvalue weighted by atomic mass is 16.3. The molecule has 3 unspecified atom stereocenters. The zero-order valence-corrected chi connectivity index (χ0v) is 11.2. The number of fused-ring (bicyclic) bond motifs is 1. The lowest BCUT2D eigenvalue weighted by atomic mass is 9.64. The molecule has 0 aromatic heterocycles. The average molecular weight is 262 g/mol. The first-order valence-corrected chi connectivity index (χ1v) is 7.33. The van der Waals surface area contributed by atoms with Gasteiger partial charge in [-0.15, -0.1) is 0 Å². The fraction of sp³-hybridized carbons (Fsp3) is 0.625. The first kappa shape index (κ1) is 12.8. The van der Waals surface area contributed by atoms with Gasteiger partial charge in [-0.3, -0.25) is 0 Å². The van der Waals surface area contributed by atoms with Crippen molar-refractivity contribution in [2.75, 3.05) is 0 Å². The lowest BCUT2D eigenvalue weighted by Gasteiger charge is -2.44. The number of phenolic OH excluding ortho intramolecular Hbond substituents is 2. The minimum absolute atomic E-state index is 0.126. The molecular weight excluding hydrogens is 240 g/mol. The van der Waals surface area contributed by atoms with Crippen molar-refractivity contribution in [3.63, 3.8) is 0 Å². The summed E-state index contributed by atoms with van der Waals surface area (Å²) in [6.07, 6.45) is 7.76. The maximum Gasteiger partial charge on any atom is 0.157 e. The number of benzene rings is 1. The summed E-state index contributed by atoms with van der Waals surface area (Å²) in [5, 5.41) is 29.9. The Kier molecular flexibility index (Phi) is 3.17. The molecule has 3 nitrogen and oxygen atoms in total. The number of aromatic hydroxyl groups is 2. The molecular formula is C16H22O3. The molecule has 3 N–H and O–H groups in total. The van der Waals surface area contributed by atoms with Crippen LogP contribution in [-0.2, 0) is 5.60 Å². The van der Waals surface area contributed by atoms with E-state index >= 15 is 0 Å². The topological polar surface area (TPSA) is 60.7 Å². The molecule has 1 aromatic carbocycles. The van der Waals surface area contributed by atoms with Gasteiger partial charge in [0.15, 0.2) is 11.5 Å². The fourth-order valence-corrected chi connectivity index (χ4v) is 3.97. The van der Waals surface area contributed by atoms with Gasteiger partial charge in [-0.1, -0.05) is 31.7 Å². The number of hydrogen-bond acceptors (Lipinski definition) is 3. The van der Waals surface area contributed by atoms with Gasteiger partial charge in [0, 0.05) is 0 Å². The second-order valence-corrected chi connectivity index (χ2v) is 6.28. The Balaban J connectivity index is 1.84. The van der Waals surface area contributed by atoms with Gasteiger partial charge in [0.2, 0.25) is 0 Å². The van der Waals surface area contributed by atoms with Crippen LogP contribution in [0.1, 0.15) is 50.5 Å². The van der Waals surface area contributed by atoms with Crippen LogP contribution in [0.3, 0.4) is 0 Å². The maximum absolute atomic E-state index is 10.9. The molecule has 0 radical (unpaired) electrons. The third-order valence-corrected chi connectivity index (χ3v) is 5.11. The highest BCUT2D eigenvalue weighted by Crippen LogP contribution is 2.48. The van der Waals surface area contributed by atoms with Crippen molar-refractivity contribution in [1.29, 1.82) is 0 Å². The number of rotatable bonds is 1. The first-order chi connectivity index (χ1) is 9.08. The second-order valence-electron chi connectivity index (χ2n) is 6.28. The van der Waals surface area contributed by atoms with Crippen LogP contribution in [0.15, 0.2) is 18.2 Å². The van der Waals surface area contributed by atoms with Gasteiger partial charge in [0.1, 0.15) is 0 Å². The zero-order chi connectivity index (χ0) is 13.5. The predicted octanol–water partition coefficient (Wildman–Crippen LogP) is 3.28. The highest BCUT2D eigenvalue weighted by molar-refractivity contribution is 5.42. The standard InChI is InChI=1S/C16H22O3/c17-14-6-5-13(9-15(14)18)16(19)8-7-11-3-1-2-4-12(11)10-16/h5-6,9,11-12,17-19H,1-4,7-8,10H2. The van der Waals surface area contributed by atoms with Crippen molar-refractivity contribution in [3.8, 4) is 11.5 Å². The van der Waals surface area contributed by atoms with E-state index in [-0.39, 0.29) is 11.5 Å². The van der Waals surface area contributed by atoms with E-state index in [1.165, 1.54) is 37.8 Å². The van der Waals surface area contributed by atoms with E-state index in [0.717, 1.165) is 30.7 Å². The van der Waals surface area contributed by atoms with Crippen molar-refractivity contribution >= 4 is 0 Å². The Morgan fingerprint density at radius 2 is 1.68 bits per heavy atom. The van der Waals surface area contributed by atoms with Crippen LogP contribution in [0, 0.1) is 11.8 Å². The average Bonchev–Trinajstić information content (AvgIpc) is 2.41. The molecule has 3 atom stereocenters. The summed E-state index contributed by atoms with van der Waals surface area (Å²) in [5.41, 5.74) is -0.0872. The Hall–Kier alpha value is -1.22. The summed E-state index contributed by atoms with van der Waals surface area (Å²) < 4.78 is 0. The van der Waals surface area contributed by atoms with E-state index < -0.39 is 5.60 Å². The third kappa shape index (κ3) is 2.32. The minimum atomic E-state index is -0.830. The summed E-state index contributed by atoms with van der Waals surface area (Å²) in [7, 11) is 0. The van der Waals surface area contributed by atoms with E-state index in [9.17, 15) is 15.3 Å². The molecule has 3 heteroatoms. The molecule has 2 aliphatic carbocycles. The molecule has 0 bridgehead atoms. The summed E-state index contributed by atoms with van der Waals surface area (Å²) >= 11 is 0. The van der Waals surface area contributed by atoms with Crippen LogP contribution in [0.2, 0.25) is 0 Å². The van der Waals surface area contributed by atoms with Gasteiger partial charge >= 0.3 is 0 Å². The zero-order valence-electron chi connectivity index (χ0n) is 11.2. The van der Waals surface area contributed by atoms with Crippen LogP contribution in [0.5, 0.6) is 11.5 Å². The van der Waals surface area contributed by atoms with Crippen molar-refractivity contribution in [2.45, 2.75) is 50.5 Å². The van der Waals surface area contributed by atoms with Gasteiger partial charge in [-0.2, -0.15) is 0 Å². The van der Waals surface area contributed by atoms with E-state index in [1.54, 1.807) is 6.07 Å². The third-order valence-electron chi connectivity index (χ3n) is 5.11. The van der Waals surface area contributed by atoms with Crippen molar-refractivity contribution in [2.24, 2.45) is 11.8 Å². The SMILES string of the molecule is Oc1ccc(C2(O)CCC3CCCCC3C2)cc1O. The maximum atomic E-state index is 10.9. The summed E-state index contributed by atoms with van der Waals surface area (Å²) in [4.78, 5) is 0. The number of hydrogen-bond donors (Lipinski definition) is 3. The van der Waals surface area contributed by atoms with E-state index in [0.29, 0.717) is 5.92 Å². The number of aliphatic hydroxyl groups is 1. The molecule has 3 rings (SSSR count). The van der Waals surface area contributed by atoms with Crippen LogP contribution in [-0.4, -0.2) is 15.3 Å². The molecule has 2 aliphatic rings. The Morgan fingerprint density at radius 3 is 2.42 bits per heavy atom. The van der Waals surface area contributed by atoms with Crippen LogP contribution < -0.4 is 0 Å². The summed E-state index contributed by atoms with van der Waals surface area (Å²) in [5.74, 6) is 1.12. The fourth-order valence-electron chi connectivity index (χ4n) is 3.97. The lowest BCUT2D eigenvalue weighted by molar-refractivity contribution is -0.0502. The van der Waals surface area contributed by atoms with Gasteiger partial charge < -0.3 is 15.3 Å². The molecule has 0 saturated heterocycles. The molecule has 0 aliphatic heterocycles. The molecule has 0 amide bonds. The van der Waals surface area contributed by atoms with E-state index in [2.05, 4.69) is 0 Å². The van der Waals surface area contributed by atoms with Crippen molar-refractivity contribution in [3.05, 3.63) is 23.8 Å². The largest absolute Gasteiger partial charge is 0.504 e. The summed E-state index contributed by atoms with van der Waals surface area (Å²) in [6.45, 7) is 0. The molecule has 0 heterocycles. The van der Waals surface area contributed by atoms with Gasteiger partial charge in [-0.25, -0.2) is 0 Å². The Labute approximate surface area is 113 Å². The van der Waals surface area contributed by atoms with E-state index in [4.69, 9.17) is 0 Å². The molecule has 0 spiro atoms. The predicted molar refractivity (Wildman–Crippen MR) is 73.0 cm³/mol. The van der Waals surface area contributed by atoms with Crippen molar-refractivity contribution in [1.82, 2.24) is 0 Å². The molecule has 104 valence electrons. The normalized spacial score (nSPS) is 34.8. The second kappa shape index (κ2) is 4.71. The van der Waals surface area contributed by atoms with Gasteiger partial charge in [0.05, 0.1) is 5.60 Å². The van der Waals surface area contributed by atoms with Crippen LogP contribution in [0.25, 0.3) is 0 Å². The first-order valence-electron chi connectivity index (χ1n) is 7.33. The van der Waals surface area contributed by atoms with E-state index in [1.807, 2.05) is 0 Å².